The molecule has 4 nitrogen and oxygen atoms in total. The van der Waals surface area contributed by atoms with Crippen molar-refractivity contribution in [3.05, 3.63) is 30.1 Å². The minimum absolute atomic E-state index is 0.112. The average molecular weight is 207 g/mol. The Morgan fingerprint density at radius 1 is 1.60 bits per heavy atom. The van der Waals surface area contributed by atoms with Crippen LogP contribution in [-0.2, 0) is 11.3 Å². The number of carbonyl (C=O) groups is 1. The average Bonchev–Trinajstić information content (AvgIpc) is 2.29. The molecule has 0 aliphatic heterocycles. The third kappa shape index (κ3) is 4.08. The maximum atomic E-state index is 11.4. The molecular weight excluding hydrogens is 190 g/mol. The molecule has 0 saturated heterocycles. The molecule has 4 heteroatoms. The van der Waals surface area contributed by atoms with E-state index in [2.05, 4.69) is 10.3 Å². The fourth-order valence-electron chi connectivity index (χ4n) is 1.13. The molecule has 1 rings (SSSR count). The highest BCUT2D eigenvalue weighted by Crippen LogP contribution is 1.93. The summed E-state index contributed by atoms with van der Waals surface area (Å²) in [7, 11) is 1.80. The predicted molar refractivity (Wildman–Crippen MR) is 59.3 cm³/mol. The van der Waals surface area contributed by atoms with Crippen LogP contribution in [0, 0.1) is 0 Å². The van der Waals surface area contributed by atoms with Crippen molar-refractivity contribution in [1.82, 2.24) is 15.2 Å². The highest BCUT2D eigenvalue weighted by atomic mass is 16.2. The Bertz CT molecular complexity index is 300. The molecule has 0 radical (unpaired) electrons. The van der Waals surface area contributed by atoms with E-state index < -0.39 is 0 Å². The Morgan fingerprint density at radius 3 is 3.00 bits per heavy atom. The molecule has 1 heterocycles. The summed E-state index contributed by atoms with van der Waals surface area (Å²) in [6.45, 7) is 3.75. The first-order valence-electron chi connectivity index (χ1n) is 5.07. The van der Waals surface area contributed by atoms with Gasteiger partial charge >= 0.3 is 0 Å². The summed E-state index contributed by atoms with van der Waals surface area (Å²) in [4.78, 5) is 17.1. The normalized spacial score (nSPS) is 10.0. The smallest absolute Gasteiger partial charge is 0.236 e. The van der Waals surface area contributed by atoms with Gasteiger partial charge in [-0.3, -0.25) is 9.78 Å². The van der Waals surface area contributed by atoms with Gasteiger partial charge in [-0.2, -0.15) is 0 Å². The summed E-state index contributed by atoms with van der Waals surface area (Å²) in [6.07, 6.45) is 3.53. The molecule has 0 fully saturated rings. The Balaban J connectivity index is 2.25. The first-order valence-corrected chi connectivity index (χ1v) is 5.07. The van der Waals surface area contributed by atoms with E-state index in [0.29, 0.717) is 13.1 Å². The van der Waals surface area contributed by atoms with E-state index in [9.17, 15) is 4.79 Å². The van der Waals surface area contributed by atoms with Gasteiger partial charge in [0.2, 0.25) is 5.91 Å². The van der Waals surface area contributed by atoms with E-state index in [-0.39, 0.29) is 5.91 Å². The quantitative estimate of drug-likeness (QED) is 0.771. The van der Waals surface area contributed by atoms with Gasteiger partial charge in [0.1, 0.15) is 0 Å². The molecule has 1 N–H and O–H groups in total. The number of nitrogens with one attached hydrogen (secondary N) is 1. The SMILES string of the molecule is CCN(C)C(=O)CNCc1cccnc1. The van der Waals surface area contributed by atoms with E-state index in [4.69, 9.17) is 0 Å². The summed E-state index contributed by atoms with van der Waals surface area (Å²) >= 11 is 0. The van der Waals surface area contributed by atoms with Crippen LogP contribution in [0.25, 0.3) is 0 Å². The zero-order valence-electron chi connectivity index (χ0n) is 9.23. The van der Waals surface area contributed by atoms with Gasteiger partial charge in [0.15, 0.2) is 0 Å². The van der Waals surface area contributed by atoms with Crippen molar-refractivity contribution in [2.24, 2.45) is 0 Å². The molecule has 1 amide bonds. The van der Waals surface area contributed by atoms with Gasteiger partial charge < -0.3 is 10.2 Å². The molecule has 0 aromatic carbocycles. The Hall–Kier alpha value is -1.42. The van der Waals surface area contributed by atoms with Crippen LogP contribution in [0.2, 0.25) is 0 Å². The van der Waals surface area contributed by atoms with Crippen LogP contribution >= 0.6 is 0 Å². The largest absolute Gasteiger partial charge is 0.345 e. The van der Waals surface area contributed by atoms with Gasteiger partial charge in [-0.1, -0.05) is 6.07 Å². The van der Waals surface area contributed by atoms with Crippen molar-refractivity contribution in [1.29, 1.82) is 0 Å². The molecule has 0 bridgehead atoms. The zero-order chi connectivity index (χ0) is 11.1. The molecule has 15 heavy (non-hydrogen) atoms. The van der Waals surface area contributed by atoms with Crippen molar-refractivity contribution >= 4 is 5.91 Å². The molecule has 1 aromatic heterocycles. The zero-order valence-corrected chi connectivity index (χ0v) is 9.23. The molecular formula is C11H17N3O. The molecule has 0 spiro atoms. The molecule has 0 unspecified atom stereocenters. The number of hydrogen-bond acceptors (Lipinski definition) is 3. The Kier molecular flexibility index (Phi) is 4.77. The van der Waals surface area contributed by atoms with Crippen LogP contribution < -0.4 is 5.32 Å². The van der Waals surface area contributed by atoms with Crippen molar-refractivity contribution < 1.29 is 4.79 Å². The summed E-state index contributed by atoms with van der Waals surface area (Å²) < 4.78 is 0. The van der Waals surface area contributed by atoms with E-state index in [1.807, 2.05) is 19.1 Å². The molecule has 82 valence electrons. The number of aromatic nitrogens is 1. The van der Waals surface area contributed by atoms with Crippen LogP contribution in [-0.4, -0.2) is 35.9 Å². The fourth-order valence-corrected chi connectivity index (χ4v) is 1.13. The maximum Gasteiger partial charge on any atom is 0.236 e. The third-order valence-electron chi connectivity index (χ3n) is 2.23. The second-order valence-electron chi connectivity index (χ2n) is 3.37. The van der Waals surface area contributed by atoms with Gasteiger partial charge in [0.25, 0.3) is 0 Å². The first kappa shape index (κ1) is 11.7. The standard InChI is InChI=1S/C11H17N3O/c1-3-14(2)11(15)9-13-8-10-5-4-6-12-7-10/h4-7,13H,3,8-9H2,1-2H3. The number of likely N-dealkylation sites (N-methyl/N-ethyl adjacent to an activating group) is 1. The highest BCUT2D eigenvalue weighted by Gasteiger charge is 2.04. The summed E-state index contributed by atoms with van der Waals surface area (Å²) in [5, 5.41) is 3.09. The van der Waals surface area contributed by atoms with Crippen LogP contribution in [0.3, 0.4) is 0 Å². The van der Waals surface area contributed by atoms with Gasteiger partial charge in [-0.05, 0) is 18.6 Å². The highest BCUT2D eigenvalue weighted by molar-refractivity contribution is 5.77. The predicted octanol–water partition coefficient (Wildman–Crippen LogP) is 0.649. The fraction of sp³-hybridized carbons (Fsp3) is 0.455. The van der Waals surface area contributed by atoms with Crippen molar-refractivity contribution in [2.45, 2.75) is 13.5 Å². The van der Waals surface area contributed by atoms with Crippen molar-refractivity contribution in [3.8, 4) is 0 Å². The summed E-state index contributed by atoms with van der Waals surface area (Å²) in [5.41, 5.74) is 1.09. The minimum atomic E-state index is 0.112. The van der Waals surface area contributed by atoms with E-state index in [0.717, 1.165) is 12.1 Å². The first-order chi connectivity index (χ1) is 7.24. The van der Waals surface area contributed by atoms with Crippen LogP contribution in [0.5, 0.6) is 0 Å². The molecule has 1 aromatic rings. The van der Waals surface area contributed by atoms with E-state index >= 15 is 0 Å². The topological polar surface area (TPSA) is 45.2 Å². The van der Waals surface area contributed by atoms with Crippen molar-refractivity contribution in [2.75, 3.05) is 20.1 Å². The number of hydrogen-bond donors (Lipinski definition) is 1. The summed E-state index contributed by atoms with van der Waals surface area (Å²) in [5.74, 6) is 0.112. The number of rotatable bonds is 5. The lowest BCUT2D eigenvalue weighted by molar-refractivity contribution is -0.128. The number of amides is 1. The lowest BCUT2D eigenvalue weighted by atomic mass is 10.3. The van der Waals surface area contributed by atoms with Gasteiger partial charge in [0.05, 0.1) is 6.54 Å². The van der Waals surface area contributed by atoms with Gasteiger partial charge in [0, 0.05) is 32.5 Å². The Morgan fingerprint density at radius 2 is 2.40 bits per heavy atom. The number of carbonyl (C=O) groups excluding carboxylic acids is 1. The number of nitrogens with zero attached hydrogens (tertiary/aromatic N) is 2. The maximum absolute atomic E-state index is 11.4. The second kappa shape index (κ2) is 6.14. The minimum Gasteiger partial charge on any atom is -0.345 e. The lowest BCUT2D eigenvalue weighted by Gasteiger charge is -2.14. The van der Waals surface area contributed by atoms with Gasteiger partial charge in [-0.25, -0.2) is 0 Å². The van der Waals surface area contributed by atoms with Crippen LogP contribution in [0.15, 0.2) is 24.5 Å². The third-order valence-corrected chi connectivity index (χ3v) is 2.23. The van der Waals surface area contributed by atoms with E-state index in [1.54, 1.807) is 24.3 Å². The molecule has 0 aliphatic rings. The molecule has 0 atom stereocenters. The second-order valence-corrected chi connectivity index (χ2v) is 3.37. The van der Waals surface area contributed by atoms with Gasteiger partial charge in [-0.15, -0.1) is 0 Å². The lowest BCUT2D eigenvalue weighted by Crippen LogP contribution is -2.35. The molecule has 0 aliphatic carbocycles. The molecule has 0 saturated carbocycles. The van der Waals surface area contributed by atoms with Crippen LogP contribution in [0.4, 0.5) is 0 Å². The summed E-state index contributed by atoms with van der Waals surface area (Å²) in [6, 6.07) is 3.87. The van der Waals surface area contributed by atoms with E-state index in [1.165, 1.54) is 0 Å². The van der Waals surface area contributed by atoms with Crippen LogP contribution in [0.1, 0.15) is 12.5 Å². The van der Waals surface area contributed by atoms with Crippen molar-refractivity contribution in [3.63, 3.8) is 0 Å². The monoisotopic (exact) mass is 207 g/mol. The Labute approximate surface area is 90.3 Å². The number of pyridine rings is 1.